The Bertz CT molecular complexity index is 293. The number of nitrogens with one attached hydrogen (secondary N) is 1. The minimum Gasteiger partial charge on any atom is -0.351 e. The fourth-order valence-corrected chi connectivity index (χ4v) is 2.25. The van der Waals surface area contributed by atoms with Crippen molar-refractivity contribution in [2.45, 2.75) is 39.7 Å². The van der Waals surface area contributed by atoms with E-state index in [1.807, 2.05) is 6.92 Å². The van der Waals surface area contributed by atoms with Gasteiger partial charge >= 0.3 is 0 Å². The predicted molar refractivity (Wildman–Crippen MR) is 60.5 cm³/mol. The molecule has 0 bridgehead atoms. The van der Waals surface area contributed by atoms with Crippen molar-refractivity contribution in [3.8, 4) is 0 Å². The molecule has 1 aromatic heterocycles. The van der Waals surface area contributed by atoms with E-state index >= 15 is 0 Å². The van der Waals surface area contributed by atoms with Gasteiger partial charge in [0.25, 0.3) is 0 Å². The Morgan fingerprint density at radius 3 is 2.93 bits per heavy atom. The van der Waals surface area contributed by atoms with Gasteiger partial charge in [0.2, 0.25) is 5.91 Å². The van der Waals surface area contributed by atoms with Crippen LogP contribution in [0.25, 0.3) is 0 Å². The van der Waals surface area contributed by atoms with Crippen LogP contribution in [0.4, 0.5) is 0 Å². The Morgan fingerprint density at radius 2 is 2.29 bits per heavy atom. The van der Waals surface area contributed by atoms with Gasteiger partial charge in [-0.05, 0) is 29.9 Å². The molecule has 1 aromatic rings. The van der Waals surface area contributed by atoms with Crippen molar-refractivity contribution in [2.24, 2.45) is 0 Å². The van der Waals surface area contributed by atoms with E-state index < -0.39 is 0 Å². The maximum Gasteiger partial charge on any atom is 0.220 e. The highest BCUT2D eigenvalue weighted by molar-refractivity contribution is 7.10. The Morgan fingerprint density at radius 1 is 1.50 bits per heavy atom. The second kappa shape index (κ2) is 5.81. The molecule has 1 amide bonds. The highest BCUT2D eigenvalue weighted by Gasteiger charge is 2.04. The molecular formula is C11H17NOS. The summed E-state index contributed by atoms with van der Waals surface area (Å²) in [6.45, 7) is 4.85. The van der Waals surface area contributed by atoms with Crippen LogP contribution in [0.2, 0.25) is 0 Å². The third-order valence-corrected chi connectivity index (χ3v) is 3.10. The van der Waals surface area contributed by atoms with Gasteiger partial charge in [0.05, 0.1) is 6.54 Å². The lowest BCUT2D eigenvalue weighted by Crippen LogP contribution is -2.21. The lowest BCUT2D eigenvalue weighted by atomic mass is 10.2. The van der Waals surface area contributed by atoms with Gasteiger partial charge in [-0.2, -0.15) is 0 Å². The first-order valence-corrected chi connectivity index (χ1v) is 5.97. The zero-order valence-electron chi connectivity index (χ0n) is 8.80. The minimum atomic E-state index is 0.156. The lowest BCUT2D eigenvalue weighted by Gasteiger charge is -2.04. The number of hydrogen-bond acceptors (Lipinski definition) is 2. The normalized spacial score (nSPS) is 10.1. The number of thiophene rings is 1. The van der Waals surface area contributed by atoms with Gasteiger partial charge in [0.1, 0.15) is 0 Å². The van der Waals surface area contributed by atoms with Gasteiger partial charge in [-0.1, -0.05) is 13.8 Å². The molecule has 0 spiro atoms. The summed E-state index contributed by atoms with van der Waals surface area (Å²) in [5, 5.41) is 5.02. The van der Waals surface area contributed by atoms with Gasteiger partial charge in [-0.3, -0.25) is 4.79 Å². The number of carbonyl (C=O) groups excluding carboxylic acids is 1. The van der Waals surface area contributed by atoms with E-state index in [0.717, 1.165) is 12.8 Å². The van der Waals surface area contributed by atoms with Crippen molar-refractivity contribution in [3.05, 3.63) is 21.9 Å². The van der Waals surface area contributed by atoms with Crippen LogP contribution >= 0.6 is 11.3 Å². The minimum absolute atomic E-state index is 0.156. The van der Waals surface area contributed by atoms with Crippen molar-refractivity contribution in [1.29, 1.82) is 0 Å². The average Bonchev–Trinajstić information content (AvgIpc) is 2.62. The summed E-state index contributed by atoms with van der Waals surface area (Å²) < 4.78 is 0. The Hall–Kier alpha value is -0.830. The molecule has 1 rings (SSSR count). The molecule has 1 N–H and O–H groups in total. The molecule has 0 aliphatic heterocycles. The number of hydrogen-bond donors (Lipinski definition) is 1. The summed E-state index contributed by atoms with van der Waals surface area (Å²) >= 11 is 1.72. The van der Waals surface area contributed by atoms with Crippen molar-refractivity contribution >= 4 is 17.2 Å². The van der Waals surface area contributed by atoms with Crippen LogP contribution < -0.4 is 5.32 Å². The zero-order valence-corrected chi connectivity index (χ0v) is 9.62. The Kier molecular flexibility index (Phi) is 4.66. The molecule has 0 aromatic carbocycles. The highest BCUT2D eigenvalue weighted by Crippen LogP contribution is 2.16. The van der Waals surface area contributed by atoms with Gasteiger partial charge in [-0.15, -0.1) is 11.3 Å². The molecule has 0 fully saturated rings. The lowest BCUT2D eigenvalue weighted by molar-refractivity contribution is -0.121. The molecule has 0 saturated heterocycles. The van der Waals surface area contributed by atoms with Crippen LogP contribution in [0.1, 0.15) is 37.1 Å². The maximum atomic E-state index is 11.2. The van der Waals surface area contributed by atoms with Crippen LogP contribution in [-0.4, -0.2) is 5.91 Å². The number of carbonyl (C=O) groups is 1. The van der Waals surface area contributed by atoms with Crippen molar-refractivity contribution < 1.29 is 4.79 Å². The largest absolute Gasteiger partial charge is 0.351 e. The molecule has 14 heavy (non-hydrogen) atoms. The SMILES string of the molecule is CCCC(=O)NCc1sccc1CC. The van der Waals surface area contributed by atoms with Gasteiger partial charge in [0.15, 0.2) is 0 Å². The summed E-state index contributed by atoms with van der Waals surface area (Å²) in [7, 11) is 0. The van der Waals surface area contributed by atoms with Gasteiger partial charge in [-0.25, -0.2) is 0 Å². The maximum absolute atomic E-state index is 11.2. The van der Waals surface area contributed by atoms with Crippen LogP contribution in [0.15, 0.2) is 11.4 Å². The van der Waals surface area contributed by atoms with E-state index in [2.05, 4.69) is 23.7 Å². The summed E-state index contributed by atoms with van der Waals surface area (Å²) in [5.74, 6) is 0.156. The van der Waals surface area contributed by atoms with Crippen LogP contribution in [0.3, 0.4) is 0 Å². The molecule has 0 unspecified atom stereocenters. The molecule has 0 atom stereocenters. The predicted octanol–water partition coefficient (Wildman–Crippen LogP) is 2.73. The first kappa shape index (κ1) is 11.2. The quantitative estimate of drug-likeness (QED) is 0.797. The fourth-order valence-electron chi connectivity index (χ4n) is 1.33. The Labute approximate surface area is 89.3 Å². The first-order chi connectivity index (χ1) is 6.77. The molecule has 0 radical (unpaired) electrons. The molecule has 0 aliphatic carbocycles. The van der Waals surface area contributed by atoms with E-state index in [-0.39, 0.29) is 5.91 Å². The molecule has 1 heterocycles. The summed E-state index contributed by atoms with van der Waals surface area (Å²) in [6, 6.07) is 2.13. The molecular weight excluding hydrogens is 194 g/mol. The second-order valence-electron chi connectivity index (χ2n) is 3.25. The summed E-state index contributed by atoms with van der Waals surface area (Å²) in [6.07, 6.45) is 2.59. The van der Waals surface area contributed by atoms with Crippen LogP contribution in [0, 0.1) is 0 Å². The smallest absolute Gasteiger partial charge is 0.220 e. The van der Waals surface area contributed by atoms with E-state index in [1.165, 1.54) is 10.4 Å². The fraction of sp³-hybridized carbons (Fsp3) is 0.545. The molecule has 78 valence electrons. The first-order valence-electron chi connectivity index (χ1n) is 5.09. The summed E-state index contributed by atoms with van der Waals surface area (Å²) in [4.78, 5) is 12.5. The van der Waals surface area contributed by atoms with Crippen molar-refractivity contribution in [2.75, 3.05) is 0 Å². The second-order valence-corrected chi connectivity index (χ2v) is 4.25. The highest BCUT2D eigenvalue weighted by atomic mass is 32.1. The van der Waals surface area contributed by atoms with E-state index in [0.29, 0.717) is 13.0 Å². The number of amides is 1. The molecule has 0 saturated carbocycles. The number of aryl methyl sites for hydroxylation is 1. The standard InChI is InChI=1S/C11H17NOS/c1-3-5-11(13)12-8-10-9(4-2)6-7-14-10/h6-7H,3-5,8H2,1-2H3,(H,12,13). The van der Waals surface area contributed by atoms with Gasteiger partial charge in [0, 0.05) is 11.3 Å². The van der Waals surface area contributed by atoms with Crippen molar-refractivity contribution in [1.82, 2.24) is 5.32 Å². The van der Waals surface area contributed by atoms with E-state index in [9.17, 15) is 4.79 Å². The van der Waals surface area contributed by atoms with Crippen LogP contribution in [-0.2, 0) is 17.8 Å². The molecule has 2 nitrogen and oxygen atoms in total. The summed E-state index contributed by atoms with van der Waals surface area (Å²) in [5.41, 5.74) is 1.35. The topological polar surface area (TPSA) is 29.1 Å². The van der Waals surface area contributed by atoms with Gasteiger partial charge < -0.3 is 5.32 Å². The third-order valence-electron chi connectivity index (χ3n) is 2.14. The van der Waals surface area contributed by atoms with E-state index in [1.54, 1.807) is 11.3 Å². The number of rotatable bonds is 5. The van der Waals surface area contributed by atoms with Crippen molar-refractivity contribution in [3.63, 3.8) is 0 Å². The molecule has 3 heteroatoms. The Balaban J connectivity index is 2.41. The average molecular weight is 211 g/mol. The van der Waals surface area contributed by atoms with Crippen LogP contribution in [0.5, 0.6) is 0 Å². The van der Waals surface area contributed by atoms with E-state index in [4.69, 9.17) is 0 Å². The zero-order chi connectivity index (χ0) is 10.4. The monoisotopic (exact) mass is 211 g/mol. The molecule has 0 aliphatic rings. The third kappa shape index (κ3) is 3.14.